The van der Waals surface area contributed by atoms with Crippen LogP contribution in [0, 0.1) is 13.8 Å². The molecular weight excluding hydrogens is 448 g/mol. The molecule has 6 heteroatoms. The van der Waals surface area contributed by atoms with Gasteiger partial charge in [0.2, 0.25) is 0 Å². The van der Waals surface area contributed by atoms with Gasteiger partial charge < -0.3 is 4.90 Å². The molecule has 3 aromatic rings. The van der Waals surface area contributed by atoms with E-state index in [4.69, 9.17) is 0 Å². The first-order valence-electron chi connectivity index (χ1n) is 12.8. The molecule has 6 nitrogen and oxygen atoms in total. The maximum atomic E-state index is 13.9. The number of benzene rings is 2. The molecule has 3 amide bonds. The molecule has 36 heavy (non-hydrogen) atoms. The van der Waals surface area contributed by atoms with E-state index < -0.39 is 5.54 Å². The molecule has 2 aliphatic heterocycles. The SMILES string of the molecule is Cc1ccc(CN2CCC3(CC2)C(=O)N(Cc2cccnc2)C(=O)N3CCc2ccccc2)cc1C. The van der Waals surface area contributed by atoms with E-state index in [1.807, 2.05) is 35.2 Å². The topological polar surface area (TPSA) is 56.8 Å². The molecule has 2 fully saturated rings. The average Bonchev–Trinajstić information content (AvgIpc) is 3.08. The number of piperidine rings is 1. The number of carbonyl (C=O) groups excluding carboxylic acids is 2. The summed E-state index contributed by atoms with van der Waals surface area (Å²) in [7, 11) is 0. The standard InChI is InChI=1S/C30H34N4O2/c1-23-10-11-26(19-24(23)2)21-32-17-13-30(14-18-32)28(35)33(22-27-9-6-15-31-20-27)29(36)34(30)16-12-25-7-4-3-5-8-25/h3-11,15,19-20H,12-14,16-18,21-22H2,1-2H3. The highest BCUT2D eigenvalue weighted by molar-refractivity contribution is 6.07. The Labute approximate surface area is 213 Å². The first-order valence-corrected chi connectivity index (χ1v) is 12.8. The number of imide groups is 1. The Kier molecular flexibility index (Phi) is 6.88. The number of urea groups is 1. The monoisotopic (exact) mass is 482 g/mol. The van der Waals surface area contributed by atoms with Crippen LogP contribution in [-0.4, -0.2) is 56.8 Å². The first kappa shape index (κ1) is 24.2. The van der Waals surface area contributed by atoms with Crippen LogP contribution in [0.1, 0.15) is 40.7 Å². The number of hydrogen-bond donors (Lipinski definition) is 0. The molecular formula is C30H34N4O2. The quantitative estimate of drug-likeness (QED) is 0.457. The number of aryl methyl sites for hydroxylation is 2. The molecule has 0 unspecified atom stereocenters. The molecule has 2 aliphatic rings. The third-order valence-corrected chi connectivity index (χ3v) is 7.81. The summed E-state index contributed by atoms with van der Waals surface area (Å²) in [5.41, 5.74) is 5.16. The lowest BCUT2D eigenvalue weighted by molar-refractivity contribution is -0.136. The van der Waals surface area contributed by atoms with E-state index in [1.165, 1.54) is 27.2 Å². The zero-order valence-corrected chi connectivity index (χ0v) is 21.2. The minimum atomic E-state index is -0.770. The molecule has 0 bridgehead atoms. The number of nitrogens with zero attached hydrogens (tertiary/aromatic N) is 4. The van der Waals surface area contributed by atoms with Crippen molar-refractivity contribution in [3.63, 3.8) is 0 Å². The van der Waals surface area contributed by atoms with Gasteiger partial charge in [-0.15, -0.1) is 0 Å². The smallest absolute Gasteiger partial charge is 0.309 e. The summed E-state index contributed by atoms with van der Waals surface area (Å²) in [6.07, 6.45) is 5.47. The zero-order chi connectivity index (χ0) is 25.1. The molecule has 5 rings (SSSR count). The van der Waals surface area contributed by atoms with Crippen LogP contribution in [0.2, 0.25) is 0 Å². The maximum absolute atomic E-state index is 13.9. The molecule has 186 valence electrons. The van der Waals surface area contributed by atoms with E-state index >= 15 is 0 Å². The Morgan fingerprint density at radius 2 is 1.58 bits per heavy atom. The predicted molar refractivity (Wildman–Crippen MR) is 140 cm³/mol. The summed E-state index contributed by atoms with van der Waals surface area (Å²) in [6.45, 7) is 7.52. The van der Waals surface area contributed by atoms with Crippen molar-refractivity contribution in [2.75, 3.05) is 19.6 Å². The van der Waals surface area contributed by atoms with Gasteiger partial charge in [0.25, 0.3) is 5.91 Å². The molecule has 3 heterocycles. The number of carbonyl (C=O) groups is 2. The Morgan fingerprint density at radius 1 is 0.833 bits per heavy atom. The second-order valence-electron chi connectivity index (χ2n) is 10.1. The Balaban J connectivity index is 1.35. The van der Waals surface area contributed by atoms with Crippen LogP contribution in [0.5, 0.6) is 0 Å². The van der Waals surface area contributed by atoms with Gasteiger partial charge in [-0.1, -0.05) is 54.6 Å². The van der Waals surface area contributed by atoms with Gasteiger partial charge in [0, 0.05) is 38.6 Å². The summed E-state index contributed by atoms with van der Waals surface area (Å²) in [4.78, 5) is 37.4. The van der Waals surface area contributed by atoms with Gasteiger partial charge in [0.05, 0.1) is 6.54 Å². The second-order valence-corrected chi connectivity index (χ2v) is 10.1. The number of hydrogen-bond acceptors (Lipinski definition) is 4. The van der Waals surface area contributed by atoms with E-state index in [0.29, 0.717) is 19.4 Å². The molecule has 2 saturated heterocycles. The van der Waals surface area contributed by atoms with Gasteiger partial charge in [-0.05, 0) is 67.0 Å². The molecule has 1 aromatic heterocycles. The summed E-state index contributed by atoms with van der Waals surface area (Å²) in [5, 5.41) is 0. The van der Waals surface area contributed by atoms with Crippen molar-refractivity contribution >= 4 is 11.9 Å². The number of likely N-dealkylation sites (tertiary alicyclic amines) is 1. The van der Waals surface area contributed by atoms with Crippen molar-refractivity contribution in [1.82, 2.24) is 19.7 Å². The number of aromatic nitrogens is 1. The van der Waals surface area contributed by atoms with Crippen LogP contribution in [0.25, 0.3) is 0 Å². The summed E-state index contributed by atoms with van der Waals surface area (Å²) >= 11 is 0. The van der Waals surface area contributed by atoms with Crippen LogP contribution >= 0.6 is 0 Å². The van der Waals surface area contributed by atoms with Crippen molar-refractivity contribution < 1.29 is 9.59 Å². The van der Waals surface area contributed by atoms with Gasteiger partial charge in [0.15, 0.2) is 0 Å². The second kappa shape index (κ2) is 10.2. The van der Waals surface area contributed by atoms with Gasteiger partial charge in [-0.25, -0.2) is 4.79 Å². The minimum absolute atomic E-state index is 0.0600. The van der Waals surface area contributed by atoms with Crippen molar-refractivity contribution in [3.8, 4) is 0 Å². The molecule has 0 saturated carbocycles. The van der Waals surface area contributed by atoms with E-state index in [2.05, 4.69) is 54.1 Å². The number of amides is 3. The van der Waals surface area contributed by atoms with Gasteiger partial charge in [-0.2, -0.15) is 0 Å². The van der Waals surface area contributed by atoms with Crippen LogP contribution in [0.15, 0.2) is 73.1 Å². The Bertz CT molecular complexity index is 1220. The molecule has 1 spiro atoms. The van der Waals surface area contributed by atoms with Crippen molar-refractivity contribution in [1.29, 1.82) is 0 Å². The van der Waals surface area contributed by atoms with Gasteiger partial charge >= 0.3 is 6.03 Å². The highest BCUT2D eigenvalue weighted by Gasteiger charge is 2.57. The summed E-state index contributed by atoms with van der Waals surface area (Å²) in [6, 6.07) is 20.4. The lowest BCUT2D eigenvalue weighted by atomic mass is 9.85. The number of rotatable bonds is 7. The highest BCUT2D eigenvalue weighted by Crippen LogP contribution is 2.38. The van der Waals surface area contributed by atoms with Crippen LogP contribution in [0.3, 0.4) is 0 Å². The summed E-state index contributed by atoms with van der Waals surface area (Å²) in [5.74, 6) is -0.0600. The molecule has 0 atom stereocenters. The van der Waals surface area contributed by atoms with Crippen LogP contribution in [-0.2, 0) is 24.3 Å². The summed E-state index contributed by atoms with van der Waals surface area (Å²) < 4.78 is 0. The minimum Gasteiger partial charge on any atom is -0.309 e. The van der Waals surface area contributed by atoms with E-state index in [9.17, 15) is 9.59 Å². The normalized spacial score (nSPS) is 17.8. The third-order valence-electron chi connectivity index (χ3n) is 7.81. The largest absolute Gasteiger partial charge is 0.328 e. The van der Waals surface area contributed by atoms with E-state index in [0.717, 1.165) is 31.6 Å². The van der Waals surface area contributed by atoms with E-state index in [-0.39, 0.29) is 18.5 Å². The first-order chi connectivity index (χ1) is 17.5. The zero-order valence-electron chi connectivity index (χ0n) is 21.2. The third kappa shape index (κ3) is 4.78. The van der Waals surface area contributed by atoms with Crippen molar-refractivity contribution in [3.05, 3.63) is 101 Å². The molecule has 0 radical (unpaired) electrons. The van der Waals surface area contributed by atoms with Crippen molar-refractivity contribution in [2.24, 2.45) is 0 Å². The molecule has 0 aliphatic carbocycles. The molecule has 2 aromatic carbocycles. The van der Waals surface area contributed by atoms with Crippen LogP contribution < -0.4 is 0 Å². The fourth-order valence-corrected chi connectivity index (χ4v) is 5.52. The van der Waals surface area contributed by atoms with Crippen molar-refractivity contribution in [2.45, 2.75) is 51.7 Å². The lowest BCUT2D eigenvalue weighted by Crippen LogP contribution is -2.56. The van der Waals surface area contributed by atoms with E-state index in [1.54, 1.807) is 12.4 Å². The Hall–Kier alpha value is -3.51. The highest BCUT2D eigenvalue weighted by atomic mass is 16.2. The fraction of sp³-hybridized carbons (Fsp3) is 0.367. The Morgan fingerprint density at radius 3 is 2.28 bits per heavy atom. The predicted octanol–water partition coefficient (Wildman–Crippen LogP) is 4.74. The number of pyridine rings is 1. The molecule has 0 N–H and O–H groups in total. The average molecular weight is 483 g/mol. The lowest BCUT2D eigenvalue weighted by Gasteiger charge is -2.42. The maximum Gasteiger partial charge on any atom is 0.328 e. The van der Waals surface area contributed by atoms with Gasteiger partial charge in [0.1, 0.15) is 5.54 Å². The van der Waals surface area contributed by atoms with Crippen LogP contribution in [0.4, 0.5) is 4.79 Å². The van der Waals surface area contributed by atoms with Gasteiger partial charge in [-0.3, -0.25) is 19.6 Å². The fourth-order valence-electron chi connectivity index (χ4n) is 5.52.